The Hall–Kier alpha value is -2.31. The van der Waals surface area contributed by atoms with E-state index >= 15 is 0 Å². The molecule has 1 heterocycles. The first-order chi connectivity index (χ1) is 8.63. The second kappa shape index (κ2) is 5.35. The molecule has 1 aromatic carbocycles. The molecule has 0 bridgehead atoms. The van der Waals surface area contributed by atoms with Crippen LogP contribution in [0.25, 0.3) is 0 Å². The molecule has 2 rings (SSSR count). The summed E-state index contributed by atoms with van der Waals surface area (Å²) in [6, 6.07) is 5.50. The second-order valence-corrected chi connectivity index (χ2v) is 4.14. The summed E-state index contributed by atoms with van der Waals surface area (Å²) in [6.07, 6.45) is 0.108. The third-order valence-corrected chi connectivity index (χ3v) is 2.14. The Bertz CT molecular complexity index is 496. The van der Waals surface area contributed by atoms with Gasteiger partial charge in [-0.25, -0.2) is 0 Å². The van der Waals surface area contributed by atoms with E-state index in [1.165, 1.54) is 0 Å². The molecular formula is C11H16N6O. The van der Waals surface area contributed by atoms with Crippen LogP contribution in [-0.2, 0) is 6.54 Å². The van der Waals surface area contributed by atoms with Gasteiger partial charge >= 0.3 is 0 Å². The highest BCUT2D eigenvalue weighted by molar-refractivity contribution is 5.59. The van der Waals surface area contributed by atoms with Gasteiger partial charge in [0.2, 0.25) is 0 Å². The van der Waals surface area contributed by atoms with Gasteiger partial charge in [0.15, 0.2) is 5.82 Å². The van der Waals surface area contributed by atoms with E-state index in [4.69, 9.17) is 10.5 Å². The van der Waals surface area contributed by atoms with Crippen molar-refractivity contribution in [1.82, 2.24) is 20.6 Å². The van der Waals surface area contributed by atoms with Gasteiger partial charge in [0.05, 0.1) is 12.6 Å². The van der Waals surface area contributed by atoms with Crippen molar-refractivity contribution in [3.05, 3.63) is 24.0 Å². The molecule has 0 radical (unpaired) electrons. The molecule has 0 aliphatic carbocycles. The van der Waals surface area contributed by atoms with Crippen molar-refractivity contribution in [2.75, 3.05) is 11.1 Å². The molecule has 0 amide bonds. The van der Waals surface area contributed by atoms with Gasteiger partial charge < -0.3 is 15.8 Å². The van der Waals surface area contributed by atoms with E-state index in [0.29, 0.717) is 18.1 Å². The van der Waals surface area contributed by atoms with E-state index in [2.05, 4.69) is 25.9 Å². The van der Waals surface area contributed by atoms with Crippen LogP contribution in [0.5, 0.6) is 5.75 Å². The van der Waals surface area contributed by atoms with Gasteiger partial charge in [0.25, 0.3) is 0 Å². The monoisotopic (exact) mass is 248 g/mol. The topological polar surface area (TPSA) is 102 Å². The largest absolute Gasteiger partial charge is 0.491 e. The number of anilines is 2. The van der Waals surface area contributed by atoms with E-state index in [1.807, 2.05) is 26.0 Å². The highest BCUT2D eigenvalue weighted by Crippen LogP contribution is 2.23. The number of ether oxygens (including phenoxy) is 1. The number of hydrogen-bond acceptors (Lipinski definition) is 6. The van der Waals surface area contributed by atoms with E-state index in [9.17, 15) is 0 Å². The number of H-pyrrole nitrogens is 1. The molecule has 0 saturated heterocycles. The quantitative estimate of drug-likeness (QED) is 0.687. The molecule has 0 atom stereocenters. The number of nitrogens with zero attached hydrogens (tertiary/aromatic N) is 3. The number of aromatic nitrogens is 4. The van der Waals surface area contributed by atoms with Crippen LogP contribution in [0.3, 0.4) is 0 Å². The van der Waals surface area contributed by atoms with Gasteiger partial charge in [-0.2, -0.15) is 5.21 Å². The van der Waals surface area contributed by atoms with Crippen LogP contribution in [0.15, 0.2) is 18.2 Å². The zero-order chi connectivity index (χ0) is 13.0. The molecule has 0 fully saturated rings. The van der Waals surface area contributed by atoms with E-state index < -0.39 is 0 Å². The lowest BCUT2D eigenvalue weighted by Crippen LogP contribution is -2.07. The van der Waals surface area contributed by atoms with Gasteiger partial charge in [-0.15, -0.1) is 10.2 Å². The Morgan fingerprint density at radius 2 is 2.22 bits per heavy atom. The lowest BCUT2D eigenvalue weighted by atomic mass is 10.2. The van der Waals surface area contributed by atoms with Crippen molar-refractivity contribution in [2.24, 2.45) is 0 Å². The van der Waals surface area contributed by atoms with Crippen molar-refractivity contribution in [3.63, 3.8) is 0 Å². The van der Waals surface area contributed by atoms with Crippen LogP contribution in [0.1, 0.15) is 19.7 Å². The molecule has 1 aromatic heterocycles. The molecule has 7 heteroatoms. The Balaban J connectivity index is 2.05. The second-order valence-electron chi connectivity index (χ2n) is 4.14. The Morgan fingerprint density at radius 1 is 1.39 bits per heavy atom. The van der Waals surface area contributed by atoms with Crippen LogP contribution in [-0.4, -0.2) is 26.7 Å². The lowest BCUT2D eigenvalue weighted by molar-refractivity contribution is 0.242. The van der Waals surface area contributed by atoms with Gasteiger partial charge in [0.1, 0.15) is 5.75 Å². The molecule has 0 aliphatic heterocycles. The summed E-state index contributed by atoms with van der Waals surface area (Å²) in [4.78, 5) is 0. The standard InChI is InChI=1S/C11H16N6O/c1-7(2)18-10-4-8(12)3-9(5-10)13-6-11-14-16-17-15-11/h3-5,7,13H,6,12H2,1-2H3,(H,14,15,16,17). The van der Waals surface area contributed by atoms with Crippen LogP contribution >= 0.6 is 0 Å². The fourth-order valence-electron chi connectivity index (χ4n) is 1.50. The Morgan fingerprint density at radius 3 is 2.89 bits per heavy atom. The summed E-state index contributed by atoms with van der Waals surface area (Å²) in [5, 5.41) is 16.7. The molecule has 0 spiro atoms. The van der Waals surface area contributed by atoms with Crippen molar-refractivity contribution >= 4 is 11.4 Å². The van der Waals surface area contributed by atoms with E-state index in [-0.39, 0.29) is 6.10 Å². The smallest absolute Gasteiger partial charge is 0.193 e. The van der Waals surface area contributed by atoms with Gasteiger partial charge in [-0.3, -0.25) is 0 Å². The van der Waals surface area contributed by atoms with Crippen LogP contribution in [0.4, 0.5) is 11.4 Å². The molecule has 0 saturated carbocycles. The van der Waals surface area contributed by atoms with Gasteiger partial charge in [-0.1, -0.05) is 5.21 Å². The number of nitrogens with one attached hydrogen (secondary N) is 2. The van der Waals surface area contributed by atoms with Gasteiger partial charge in [-0.05, 0) is 19.9 Å². The molecule has 0 aliphatic rings. The number of nitrogen functional groups attached to an aromatic ring is 1. The molecule has 4 N–H and O–H groups in total. The van der Waals surface area contributed by atoms with Crippen LogP contribution in [0.2, 0.25) is 0 Å². The zero-order valence-corrected chi connectivity index (χ0v) is 10.3. The number of benzene rings is 1. The van der Waals surface area contributed by atoms with E-state index in [0.717, 1.165) is 11.4 Å². The fourth-order valence-corrected chi connectivity index (χ4v) is 1.50. The Kier molecular flexibility index (Phi) is 3.61. The van der Waals surface area contributed by atoms with Crippen molar-refractivity contribution < 1.29 is 4.74 Å². The molecule has 18 heavy (non-hydrogen) atoms. The normalized spacial score (nSPS) is 10.6. The molecule has 0 unspecified atom stereocenters. The first-order valence-corrected chi connectivity index (χ1v) is 5.67. The first kappa shape index (κ1) is 12.2. The van der Waals surface area contributed by atoms with Crippen molar-refractivity contribution in [1.29, 1.82) is 0 Å². The first-order valence-electron chi connectivity index (χ1n) is 5.67. The number of nitrogens with two attached hydrogens (primary N) is 1. The minimum Gasteiger partial charge on any atom is -0.491 e. The van der Waals surface area contributed by atoms with E-state index in [1.54, 1.807) is 6.07 Å². The van der Waals surface area contributed by atoms with Gasteiger partial charge in [0, 0.05) is 23.5 Å². The highest BCUT2D eigenvalue weighted by atomic mass is 16.5. The third kappa shape index (κ3) is 3.34. The summed E-state index contributed by atoms with van der Waals surface area (Å²) >= 11 is 0. The third-order valence-electron chi connectivity index (χ3n) is 2.14. The molecular weight excluding hydrogens is 232 g/mol. The van der Waals surface area contributed by atoms with Crippen molar-refractivity contribution in [3.8, 4) is 5.75 Å². The molecule has 7 nitrogen and oxygen atoms in total. The Labute approximate surface area is 105 Å². The average Bonchev–Trinajstić information content (AvgIpc) is 2.77. The highest BCUT2D eigenvalue weighted by Gasteiger charge is 2.03. The lowest BCUT2D eigenvalue weighted by Gasteiger charge is -2.12. The minimum atomic E-state index is 0.108. The predicted octanol–water partition coefficient (Wildman–Crippen LogP) is 1.18. The maximum absolute atomic E-state index is 5.81. The van der Waals surface area contributed by atoms with Crippen molar-refractivity contribution in [2.45, 2.75) is 26.5 Å². The summed E-state index contributed by atoms with van der Waals surface area (Å²) in [7, 11) is 0. The predicted molar refractivity (Wildman–Crippen MR) is 68.1 cm³/mol. The maximum Gasteiger partial charge on any atom is 0.193 e. The maximum atomic E-state index is 5.81. The fraction of sp³-hybridized carbons (Fsp3) is 0.364. The summed E-state index contributed by atoms with van der Waals surface area (Å²) < 4.78 is 5.60. The summed E-state index contributed by atoms with van der Waals surface area (Å²) in [5.74, 6) is 1.32. The minimum absolute atomic E-state index is 0.108. The molecule has 96 valence electrons. The number of aromatic amines is 1. The van der Waals surface area contributed by atoms with Crippen LogP contribution < -0.4 is 15.8 Å². The SMILES string of the molecule is CC(C)Oc1cc(N)cc(NCc2nn[nH]n2)c1. The number of rotatable bonds is 5. The average molecular weight is 248 g/mol. The number of hydrogen-bond donors (Lipinski definition) is 3. The van der Waals surface area contributed by atoms with Crippen LogP contribution in [0, 0.1) is 0 Å². The summed E-state index contributed by atoms with van der Waals surface area (Å²) in [5.41, 5.74) is 7.31. The number of tetrazole rings is 1. The molecule has 2 aromatic rings. The summed E-state index contributed by atoms with van der Waals surface area (Å²) in [6.45, 7) is 4.41. The zero-order valence-electron chi connectivity index (χ0n) is 10.3.